The number of halogens is 1. The quantitative estimate of drug-likeness (QED) is 0.751. The maximum Gasteiger partial charge on any atom is 0.234 e. The second-order valence-electron chi connectivity index (χ2n) is 3.59. The van der Waals surface area contributed by atoms with Crippen molar-refractivity contribution in [3.63, 3.8) is 0 Å². The molecule has 1 atom stereocenters. The van der Waals surface area contributed by atoms with E-state index in [-0.39, 0.29) is 30.9 Å². The Kier molecular flexibility index (Phi) is 5.11. The molecule has 1 rings (SSSR count). The maximum absolute atomic E-state index is 12.7. The number of nitrogens with zero attached hydrogens (tertiary/aromatic N) is 1. The van der Waals surface area contributed by atoms with Crippen molar-refractivity contribution in [3.8, 4) is 6.07 Å². The predicted molar refractivity (Wildman–Crippen MR) is 61.4 cm³/mol. The normalized spacial score (nSPS) is 11.6. The van der Waals surface area contributed by atoms with Crippen LogP contribution in [0.2, 0.25) is 0 Å². The third-order valence-corrected chi connectivity index (χ3v) is 2.30. The molecule has 0 fully saturated rings. The third-order valence-electron chi connectivity index (χ3n) is 2.30. The van der Waals surface area contributed by atoms with Gasteiger partial charge in [-0.2, -0.15) is 5.26 Å². The Bertz CT molecular complexity index is 411. The van der Waals surface area contributed by atoms with E-state index in [0.717, 1.165) is 5.56 Å². The van der Waals surface area contributed by atoms with Crippen molar-refractivity contribution in [2.45, 2.75) is 13.0 Å². The molecule has 0 spiro atoms. The Morgan fingerprint density at radius 1 is 1.47 bits per heavy atom. The molecule has 0 aromatic heterocycles. The zero-order valence-corrected chi connectivity index (χ0v) is 9.53. The van der Waals surface area contributed by atoms with Crippen molar-refractivity contribution < 1.29 is 9.18 Å². The van der Waals surface area contributed by atoms with Crippen LogP contribution in [0.15, 0.2) is 24.3 Å². The third kappa shape index (κ3) is 4.62. The van der Waals surface area contributed by atoms with Crippen molar-refractivity contribution in [2.24, 2.45) is 0 Å². The highest BCUT2D eigenvalue weighted by Crippen LogP contribution is 2.12. The van der Waals surface area contributed by atoms with E-state index in [0.29, 0.717) is 0 Å². The minimum atomic E-state index is -0.285. The minimum absolute atomic E-state index is 0.00540. The first kappa shape index (κ1) is 13.1. The van der Waals surface area contributed by atoms with E-state index in [4.69, 9.17) is 5.26 Å². The monoisotopic (exact) mass is 235 g/mol. The largest absolute Gasteiger partial charge is 0.342 e. The number of benzene rings is 1. The average molecular weight is 235 g/mol. The lowest BCUT2D eigenvalue weighted by Gasteiger charge is -2.13. The van der Waals surface area contributed by atoms with E-state index in [1.807, 2.05) is 13.0 Å². The molecular formula is C12H14FN3O. The lowest BCUT2D eigenvalue weighted by molar-refractivity contribution is -0.120. The highest BCUT2D eigenvalue weighted by molar-refractivity contribution is 5.78. The van der Waals surface area contributed by atoms with Gasteiger partial charge in [-0.05, 0) is 24.6 Å². The first-order valence-electron chi connectivity index (χ1n) is 5.26. The highest BCUT2D eigenvalue weighted by Gasteiger charge is 2.07. The molecule has 0 heterocycles. The number of rotatable bonds is 5. The summed E-state index contributed by atoms with van der Waals surface area (Å²) in [4.78, 5) is 11.2. The van der Waals surface area contributed by atoms with Crippen LogP contribution in [0.3, 0.4) is 0 Å². The number of nitrogens with one attached hydrogen (secondary N) is 2. The molecule has 1 aromatic rings. The van der Waals surface area contributed by atoms with Gasteiger partial charge in [0.1, 0.15) is 12.4 Å². The van der Waals surface area contributed by atoms with Crippen LogP contribution in [0.5, 0.6) is 0 Å². The fraction of sp³-hybridized carbons (Fsp3) is 0.333. The van der Waals surface area contributed by atoms with Crippen molar-refractivity contribution in [1.29, 1.82) is 5.26 Å². The first-order valence-corrected chi connectivity index (χ1v) is 5.26. The van der Waals surface area contributed by atoms with E-state index in [1.54, 1.807) is 12.1 Å². The number of hydrogen-bond acceptors (Lipinski definition) is 3. The number of carbonyl (C=O) groups is 1. The van der Waals surface area contributed by atoms with Crippen LogP contribution >= 0.6 is 0 Å². The molecule has 0 aliphatic carbocycles. The Morgan fingerprint density at radius 3 is 2.71 bits per heavy atom. The van der Waals surface area contributed by atoms with Gasteiger partial charge in [0.25, 0.3) is 0 Å². The molecule has 0 radical (unpaired) electrons. The van der Waals surface area contributed by atoms with Gasteiger partial charge in [-0.25, -0.2) is 4.39 Å². The van der Waals surface area contributed by atoms with Gasteiger partial charge in [-0.1, -0.05) is 12.1 Å². The summed E-state index contributed by atoms with van der Waals surface area (Å²) in [6.45, 7) is 2.01. The smallest absolute Gasteiger partial charge is 0.234 e. The summed E-state index contributed by atoms with van der Waals surface area (Å²) in [7, 11) is 0. The lowest BCUT2D eigenvalue weighted by Crippen LogP contribution is -2.35. The SMILES string of the molecule is C[C@@H](NCC(=O)NCC#N)c1ccc(F)cc1. The van der Waals surface area contributed by atoms with E-state index in [1.165, 1.54) is 12.1 Å². The summed E-state index contributed by atoms with van der Waals surface area (Å²) < 4.78 is 12.7. The Hall–Kier alpha value is -1.93. The summed E-state index contributed by atoms with van der Waals surface area (Å²) in [6, 6.07) is 7.86. The molecule has 0 aliphatic rings. The van der Waals surface area contributed by atoms with Crippen LogP contribution in [0, 0.1) is 17.1 Å². The number of amides is 1. The van der Waals surface area contributed by atoms with Crippen LogP contribution in [-0.4, -0.2) is 19.0 Å². The Labute approximate surface area is 99.4 Å². The average Bonchev–Trinajstić information content (AvgIpc) is 2.34. The fourth-order valence-electron chi connectivity index (χ4n) is 1.32. The van der Waals surface area contributed by atoms with E-state index in [2.05, 4.69) is 10.6 Å². The van der Waals surface area contributed by atoms with Crippen LogP contribution < -0.4 is 10.6 Å². The van der Waals surface area contributed by atoms with E-state index >= 15 is 0 Å². The van der Waals surface area contributed by atoms with E-state index in [9.17, 15) is 9.18 Å². The van der Waals surface area contributed by atoms with Crippen molar-refractivity contribution in [3.05, 3.63) is 35.6 Å². The first-order chi connectivity index (χ1) is 8.13. The van der Waals surface area contributed by atoms with Crippen molar-refractivity contribution >= 4 is 5.91 Å². The summed E-state index contributed by atoms with van der Waals surface area (Å²) in [5.41, 5.74) is 0.902. The lowest BCUT2D eigenvalue weighted by atomic mass is 10.1. The van der Waals surface area contributed by atoms with Crippen LogP contribution in [0.4, 0.5) is 4.39 Å². The number of hydrogen-bond donors (Lipinski definition) is 2. The van der Waals surface area contributed by atoms with Crippen molar-refractivity contribution in [2.75, 3.05) is 13.1 Å². The highest BCUT2D eigenvalue weighted by atomic mass is 19.1. The standard InChI is InChI=1S/C12H14FN3O/c1-9(10-2-4-11(13)5-3-10)16-8-12(17)15-7-6-14/h2-5,9,16H,7-8H2,1H3,(H,15,17)/t9-/m1/s1. The molecule has 0 saturated carbocycles. The van der Waals surface area contributed by atoms with E-state index < -0.39 is 0 Å². The zero-order chi connectivity index (χ0) is 12.7. The molecule has 1 amide bonds. The Balaban J connectivity index is 2.39. The molecule has 0 unspecified atom stereocenters. The van der Waals surface area contributed by atoms with Gasteiger partial charge >= 0.3 is 0 Å². The predicted octanol–water partition coefficient (Wildman–Crippen LogP) is 1.12. The molecule has 4 nitrogen and oxygen atoms in total. The summed E-state index contributed by atoms with van der Waals surface area (Å²) in [5, 5.41) is 13.7. The second kappa shape index (κ2) is 6.61. The van der Waals surface area contributed by atoms with Gasteiger partial charge in [-0.15, -0.1) is 0 Å². The molecule has 0 saturated heterocycles. The summed E-state index contributed by atoms with van der Waals surface area (Å²) in [6.07, 6.45) is 0. The Morgan fingerprint density at radius 2 is 2.12 bits per heavy atom. The van der Waals surface area contributed by atoms with Crippen LogP contribution in [0.25, 0.3) is 0 Å². The molecule has 17 heavy (non-hydrogen) atoms. The summed E-state index contributed by atoms with van der Waals surface area (Å²) in [5.74, 6) is -0.520. The number of nitriles is 1. The zero-order valence-electron chi connectivity index (χ0n) is 9.53. The van der Waals surface area contributed by atoms with Gasteiger partial charge in [-0.3, -0.25) is 4.79 Å². The topological polar surface area (TPSA) is 64.9 Å². The van der Waals surface area contributed by atoms with Gasteiger partial charge in [0.2, 0.25) is 5.91 Å². The van der Waals surface area contributed by atoms with Gasteiger partial charge in [0.05, 0.1) is 12.6 Å². The second-order valence-corrected chi connectivity index (χ2v) is 3.59. The maximum atomic E-state index is 12.7. The van der Waals surface area contributed by atoms with Gasteiger partial charge < -0.3 is 10.6 Å². The van der Waals surface area contributed by atoms with Crippen LogP contribution in [-0.2, 0) is 4.79 Å². The molecule has 0 aliphatic heterocycles. The minimum Gasteiger partial charge on any atom is -0.342 e. The molecule has 1 aromatic carbocycles. The van der Waals surface area contributed by atoms with Crippen molar-refractivity contribution in [1.82, 2.24) is 10.6 Å². The molecule has 5 heteroatoms. The molecule has 90 valence electrons. The van der Waals surface area contributed by atoms with Gasteiger partial charge in [0.15, 0.2) is 0 Å². The molecule has 0 bridgehead atoms. The molecular weight excluding hydrogens is 221 g/mol. The van der Waals surface area contributed by atoms with Gasteiger partial charge in [0, 0.05) is 6.04 Å². The summed E-state index contributed by atoms with van der Waals surface area (Å²) >= 11 is 0. The fourth-order valence-corrected chi connectivity index (χ4v) is 1.32. The number of carbonyl (C=O) groups excluding carboxylic acids is 1. The van der Waals surface area contributed by atoms with Crippen LogP contribution in [0.1, 0.15) is 18.5 Å². The molecule has 2 N–H and O–H groups in total.